The first-order valence-corrected chi connectivity index (χ1v) is 10.7. The van der Waals surface area contributed by atoms with Gasteiger partial charge in [0.2, 0.25) is 10.0 Å². The number of sulfonamides is 1. The molecule has 0 atom stereocenters. The van der Waals surface area contributed by atoms with Crippen LogP contribution in [0.1, 0.15) is 18.1 Å². The topological polar surface area (TPSA) is 122 Å². The number of nitro groups is 1. The maximum Gasteiger partial charge on any atom is 0.270 e. The summed E-state index contributed by atoms with van der Waals surface area (Å²) in [6.45, 7) is 1.49. The van der Waals surface area contributed by atoms with Crippen LogP contribution in [-0.4, -0.2) is 38.3 Å². The summed E-state index contributed by atoms with van der Waals surface area (Å²) in [4.78, 5) is 22.4. The third-order valence-corrected chi connectivity index (χ3v) is 5.39. The van der Waals surface area contributed by atoms with E-state index in [0.717, 1.165) is 28.8 Å². The molecule has 2 aromatic rings. The summed E-state index contributed by atoms with van der Waals surface area (Å²) in [6.07, 6.45) is 2.95. The van der Waals surface area contributed by atoms with Gasteiger partial charge >= 0.3 is 0 Å². The number of nitrogens with zero attached hydrogens (tertiary/aromatic N) is 3. The van der Waals surface area contributed by atoms with E-state index in [1.165, 1.54) is 18.2 Å². The zero-order chi connectivity index (χ0) is 21.6. The van der Waals surface area contributed by atoms with Crippen molar-refractivity contribution in [2.24, 2.45) is 5.10 Å². The van der Waals surface area contributed by atoms with E-state index in [4.69, 9.17) is 11.6 Å². The van der Waals surface area contributed by atoms with E-state index in [-0.39, 0.29) is 16.3 Å². The Balaban J connectivity index is 2.12. The number of hydrogen-bond donors (Lipinski definition) is 1. The number of nitro benzene ring substituents is 1. The highest BCUT2D eigenvalue weighted by atomic mass is 35.5. The van der Waals surface area contributed by atoms with Crippen LogP contribution >= 0.6 is 11.6 Å². The number of aryl methyl sites for hydroxylation is 1. The molecule has 2 aromatic carbocycles. The maximum atomic E-state index is 12.2. The summed E-state index contributed by atoms with van der Waals surface area (Å²) in [5.41, 5.74) is 3.64. The monoisotopic (exact) mass is 438 g/mol. The standard InChI is InChI=1S/C18H19ClN4O5S/c1-3-13-4-6-15(7-5-13)22(29(2,27)28)12-18(24)21-20-11-14-10-16(23(25)26)8-9-17(14)19/h4-11H,3,12H2,1-2H3,(H,21,24)/b20-11-. The number of nitrogens with one attached hydrogen (secondary N) is 1. The van der Waals surface area contributed by atoms with Crippen molar-refractivity contribution in [3.05, 3.63) is 68.7 Å². The van der Waals surface area contributed by atoms with Crippen molar-refractivity contribution in [2.75, 3.05) is 17.1 Å². The molecule has 0 heterocycles. The Bertz CT molecular complexity index is 1040. The van der Waals surface area contributed by atoms with Crippen molar-refractivity contribution < 1.29 is 18.1 Å². The second kappa shape index (κ2) is 9.48. The lowest BCUT2D eigenvalue weighted by molar-refractivity contribution is -0.384. The smallest absolute Gasteiger partial charge is 0.270 e. The Morgan fingerprint density at radius 3 is 2.48 bits per heavy atom. The zero-order valence-corrected chi connectivity index (χ0v) is 17.3. The van der Waals surface area contributed by atoms with Crippen molar-refractivity contribution in [1.82, 2.24) is 5.43 Å². The molecular weight excluding hydrogens is 420 g/mol. The number of hydrogen-bond acceptors (Lipinski definition) is 6. The Morgan fingerprint density at radius 2 is 1.93 bits per heavy atom. The first kappa shape index (κ1) is 22.3. The molecule has 0 aliphatic heterocycles. The van der Waals surface area contributed by atoms with Gasteiger partial charge in [-0.2, -0.15) is 5.10 Å². The SMILES string of the molecule is CCc1ccc(N(CC(=O)N/N=C\c2cc([N+](=O)[O-])ccc2Cl)S(C)(=O)=O)cc1. The molecule has 9 nitrogen and oxygen atoms in total. The largest absolute Gasteiger partial charge is 0.271 e. The second-order valence-electron chi connectivity index (χ2n) is 6.05. The Hall–Kier alpha value is -2.98. The van der Waals surface area contributed by atoms with Crippen LogP contribution in [0.4, 0.5) is 11.4 Å². The van der Waals surface area contributed by atoms with Crippen LogP contribution in [0.2, 0.25) is 5.02 Å². The summed E-state index contributed by atoms with van der Waals surface area (Å²) in [7, 11) is -3.71. The molecule has 0 radical (unpaired) electrons. The Morgan fingerprint density at radius 1 is 1.28 bits per heavy atom. The highest BCUT2D eigenvalue weighted by Gasteiger charge is 2.20. The van der Waals surface area contributed by atoms with Gasteiger partial charge in [-0.1, -0.05) is 30.7 Å². The quantitative estimate of drug-likeness (QED) is 0.385. The Kier molecular flexibility index (Phi) is 7.29. The van der Waals surface area contributed by atoms with Gasteiger partial charge in [-0.05, 0) is 30.2 Å². The number of amides is 1. The molecule has 0 aliphatic rings. The van der Waals surface area contributed by atoms with Crippen LogP contribution in [0.5, 0.6) is 0 Å². The van der Waals surface area contributed by atoms with E-state index in [1.807, 2.05) is 6.92 Å². The van der Waals surface area contributed by atoms with Crippen LogP contribution in [0.25, 0.3) is 0 Å². The zero-order valence-electron chi connectivity index (χ0n) is 15.7. The highest BCUT2D eigenvalue weighted by molar-refractivity contribution is 7.92. The number of hydrazone groups is 1. The first-order valence-electron chi connectivity index (χ1n) is 8.44. The molecule has 154 valence electrons. The van der Waals surface area contributed by atoms with Crippen molar-refractivity contribution in [1.29, 1.82) is 0 Å². The predicted molar refractivity (Wildman–Crippen MR) is 112 cm³/mol. The van der Waals surface area contributed by atoms with E-state index in [0.29, 0.717) is 5.69 Å². The molecule has 0 unspecified atom stereocenters. The highest BCUT2D eigenvalue weighted by Crippen LogP contribution is 2.21. The van der Waals surface area contributed by atoms with Crippen molar-refractivity contribution in [3.63, 3.8) is 0 Å². The molecule has 0 aromatic heterocycles. The van der Waals surface area contributed by atoms with Crippen LogP contribution in [0, 0.1) is 10.1 Å². The maximum absolute atomic E-state index is 12.2. The summed E-state index contributed by atoms with van der Waals surface area (Å²) in [5.74, 6) is -0.687. The minimum atomic E-state index is -3.71. The van der Waals surface area contributed by atoms with Crippen LogP contribution < -0.4 is 9.73 Å². The Labute approximate surface area is 173 Å². The lowest BCUT2D eigenvalue weighted by atomic mass is 10.1. The molecule has 29 heavy (non-hydrogen) atoms. The summed E-state index contributed by atoms with van der Waals surface area (Å²) in [6, 6.07) is 10.6. The number of rotatable bonds is 8. The molecule has 0 aliphatic carbocycles. The summed E-state index contributed by atoms with van der Waals surface area (Å²) >= 11 is 5.95. The lowest BCUT2D eigenvalue weighted by Crippen LogP contribution is -2.39. The number of benzene rings is 2. The van der Waals surface area contributed by atoms with Gasteiger partial charge in [0.05, 0.1) is 23.1 Å². The van der Waals surface area contributed by atoms with E-state index in [9.17, 15) is 23.3 Å². The molecule has 0 saturated carbocycles. The van der Waals surface area contributed by atoms with E-state index in [2.05, 4.69) is 10.5 Å². The summed E-state index contributed by atoms with van der Waals surface area (Å²) in [5, 5.41) is 14.7. The molecular formula is C18H19ClN4O5S. The minimum Gasteiger partial charge on any atom is -0.271 e. The lowest BCUT2D eigenvalue weighted by Gasteiger charge is -2.21. The van der Waals surface area contributed by atoms with Gasteiger partial charge in [-0.3, -0.25) is 19.2 Å². The van der Waals surface area contributed by atoms with Gasteiger partial charge in [-0.25, -0.2) is 13.8 Å². The first-order chi connectivity index (χ1) is 13.6. The average molecular weight is 439 g/mol. The fourth-order valence-electron chi connectivity index (χ4n) is 2.38. The molecule has 0 bridgehead atoms. The van der Waals surface area contributed by atoms with E-state index in [1.54, 1.807) is 24.3 Å². The fraction of sp³-hybridized carbons (Fsp3) is 0.222. The van der Waals surface area contributed by atoms with Crippen molar-refractivity contribution >= 4 is 45.1 Å². The fourth-order valence-corrected chi connectivity index (χ4v) is 3.40. The van der Waals surface area contributed by atoms with Gasteiger partial charge in [0.1, 0.15) is 6.54 Å². The normalized spacial score (nSPS) is 11.4. The van der Waals surface area contributed by atoms with E-state index < -0.39 is 27.4 Å². The molecule has 1 amide bonds. The molecule has 0 fully saturated rings. The molecule has 2 rings (SSSR count). The van der Waals surface area contributed by atoms with Crippen LogP contribution in [-0.2, 0) is 21.2 Å². The second-order valence-corrected chi connectivity index (χ2v) is 8.36. The number of halogens is 1. The molecule has 0 saturated heterocycles. The summed E-state index contributed by atoms with van der Waals surface area (Å²) < 4.78 is 25.1. The van der Waals surface area contributed by atoms with Gasteiger partial charge < -0.3 is 0 Å². The number of non-ortho nitro benzene ring substituents is 1. The van der Waals surface area contributed by atoms with Gasteiger partial charge in [0.15, 0.2) is 0 Å². The number of carbonyl (C=O) groups is 1. The molecule has 0 spiro atoms. The number of carbonyl (C=O) groups excluding carboxylic acids is 1. The molecule has 1 N–H and O–H groups in total. The predicted octanol–water partition coefficient (Wildman–Crippen LogP) is 2.73. The van der Waals surface area contributed by atoms with Crippen LogP contribution in [0.3, 0.4) is 0 Å². The van der Waals surface area contributed by atoms with Gasteiger partial charge in [0.25, 0.3) is 11.6 Å². The minimum absolute atomic E-state index is 0.180. The molecule has 11 heteroatoms. The van der Waals surface area contributed by atoms with E-state index >= 15 is 0 Å². The van der Waals surface area contributed by atoms with Crippen molar-refractivity contribution in [2.45, 2.75) is 13.3 Å². The number of anilines is 1. The van der Waals surface area contributed by atoms with Gasteiger partial charge in [-0.15, -0.1) is 0 Å². The average Bonchev–Trinajstić information content (AvgIpc) is 2.66. The third kappa shape index (κ3) is 6.26. The van der Waals surface area contributed by atoms with Crippen molar-refractivity contribution in [3.8, 4) is 0 Å². The third-order valence-electron chi connectivity index (χ3n) is 3.90. The van der Waals surface area contributed by atoms with Crippen LogP contribution in [0.15, 0.2) is 47.6 Å². The van der Waals surface area contributed by atoms with Gasteiger partial charge in [0, 0.05) is 22.7 Å².